The molecule has 140 valence electrons. The Morgan fingerprint density at radius 3 is 2.38 bits per heavy atom. The first-order valence-corrected chi connectivity index (χ1v) is 9.52. The average Bonchev–Trinajstić information content (AvgIpc) is 2.55. The van der Waals surface area contributed by atoms with Crippen molar-refractivity contribution in [2.75, 3.05) is 17.5 Å². The van der Waals surface area contributed by atoms with Gasteiger partial charge in [-0.3, -0.25) is 9.52 Å². The zero-order valence-electron chi connectivity index (χ0n) is 13.9. The van der Waals surface area contributed by atoms with Gasteiger partial charge in [0.15, 0.2) is 0 Å². The Labute approximate surface area is 150 Å². The summed E-state index contributed by atoms with van der Waals surface area (Å²) in [4.78, 5) is 12.3. The molecule has 6 nitrogen and oxygen atoms in total. The maximum absolute atomic E-state index is 12.3. The van der Waals surface area contributed by atoms with Crippen molar-refractivity contribution in [3.05, 3.63) is 59.7 Å². The van der Waals surface area contributed by atoms with Gasteiger partial charge in [0.2, 0.25) is 10.0 Å². The molecule has 0 aliphatic rings. The summed E-state index contributed by atoms with van der Waals surface area (Å²) in [5, 5.41) is 2.70. The quantitative estimate of drug-likeness (QED) is 0.733. The average molecular weight is 384 g/mol. The molecule has 2 aromatic rings. The van der Waals surface area contributed by atoms with Crippen molar-refractivity contribution < 1.29 is 26.7 Å². The third kappa shape index (κ3) is 6.32. The van der Waals surface area contributed by atoms with Gasteiger partial charge in [-0.15, -0.1) is 0 Å². The van der Waals surface area contributed by atoms with Crippen LogP contribution in [-0.2, 0) is 16.4 Å². The maximum Gasteiger partial charge on any atom is 0.387 e. The Bertz CT molecular complexity index is 855. The van der Waals surface area contributed by atoms with E-state index in [-0.39, 0.29) is 17.0 Å². The summed E-state index contributed by atoms with van der Waals surface area (Å²) in [5.41, 5.74) is 1.23. The van der Waals surface area contributed by atoms with Gasteiger partial charge in [-0.1, -0.05) is 24.3 Å². The molecule has 2 rings (SSSR count). The lowest BCUT2D eigenvalue weighted by Gasteiger charge is -2.11. The summed E-state index contributed by atoms with van der Waals surface area (Å²) in [6.45, 7) is -2.58. The molecule has 0 unspecified atom stereocenters. The van der Waals surface area contributed by atoms with Gasteiger partial charge < -0.3 is 10.1 Å². The molecule has 0 radical (unpaired) electrons. The molecule has 0 fully saturated rings. The fraction of sp³-hybridized carbons (Fsp3) is 0.235. The highest BCUT2D eigenvalue weighted by Crippen LogP contribution is 2.17. The standard InChI is InChI=1S/C17H18F2N2O4S/c1-26(23,24)21-15-5-3-2-4-14(15)16(22)20-11-10-12-6-8-13(9-7-12)25-17(18)19/h2-9,17,21H,10-11H2,1H3,(H,20,22). The minimum atomic E-state index is -3.50. The molecule has 0 aliphatic heterocycles. The third-order valence-electron chi connectivity index (χ3n) is 3.31. The largest absolute Gasteiger partial charge is 0.435 e. The molecular formula is C17H18F2N2O4S. The lowest BCUT2D eigenvalue weighted by atomic mass is 10.1. The molecule has 1 amide bonds. The van der Waals surface area contributed by atoms with E-state index in [2.05, 4.69) is 14.8 Å². The van der Waals surface area contributed by atoms with E-state index in [0.29, 0.717) is 13.0 Å². The monoisotopic (exact) mass is 384 g/mol. The van der Waals surface area contributed by atoms with Gasteiger partial charge in [0.1, 0.15) is 5.75 Å². The topological polar surface area (TPSA) is 84.5 Å². The van der Waals surface area contributed by atoms with E-state index < -0.39 is 22.5 Å². The van der Waals surface area contributed by atoms with Crippen LogP contribution in [0.4, 0.5) is 14.5 Å². The summed E-state index contributed by atoms with van der Waals surface area (Å²) < 4.78 is 53.5. The highest BCUT2D eigenvalue weighted by Gasteiger charge is 2.13. The van der Waals surface area contributed by atoms with Crippen LogP contribution in [0.15, 0.2) is 48.5 Å². The molecule has 0 bridgehead atoms. The zero-order chi connectivity index (χ0) is 19.2. The van der Waals surface area contributed by atoms with E-state index in [0.717, 1.165) is 11.8 Å². The van der Waals surface area contributed by atoms with Gasteiger partial charge in [0.05, 0.1) is 17.5 Å². The first-order valence-electron chi connectivity index (χ1n) is 7.63. The Kier molecular flexibility index (Phi) is 6.51. The SMILES string of the molecule is CS(=O)(=O)Nc1ccccc1C(=O)NCCc1ccc(OC(F)F)cc1. The van der Waals surface area contributed by atoms with Gasteiger partial charge in [0.25, 0.3) is 5.91 Å². The number of halogens is 2. The van der Waals surface area contributed by atoms with Crippen LogP contribution in [0, 0.1) is 0 Å². The molecule has 0 aliphatic carbocycles. The Morgan fingerprint density at radius 1 is 1.12 bits per heavy atom. The second-order valence-electron chi connectivity index (χ2n) is 5.45. The number of hydrogen-bond donors (Lipinski definition) is 2. The number of carbonyl (C=O) groups is 1. The molecule has 0 saturated heterocycles. The van der Waals surface area contributed by atoms with E-state index in [1.165, 1.54) is 24.3 Å². The van der Waals surface area contributed by atoms with Gasteiger partial charge in [-0.25, -0.2) is 8.42 Å². The number of carbonyl (C=O) groups excluding carboxylic acids is 1. The molecule has 0 spiro atoms. The lowest BCUT2D eigenvalue weighted by molar-refractivity contribution is -0.0498. The molecule has 0 heterocycles. The highest BCUT2D eigenvalue weighted by molar-refractivity contribution is 7.92. The van der Waals surface area contributed by atoms with E-state index in [1.54, 1.807) is 24.3 Å². The smallest absolute Gasteiger partial charge is 0.387 e. The van der Waals surface area contributed by atoms with Crippen LogP contribution >= 0.6 is 0 Å². The fourth-order valence-electron chi connectivity index (χ4n) is 2.22. The number of amides is 1. The number of anilines is 1. The van der Waals surface area contributed by atoms with Crippen LogP contribution in [0.5, 0.6) is 5.75 Å². The van der Waals surface area contributed by atoms with Crippen molar-refractivity contribution in [3.8, 4) is 5.75 Å². The normalized spacial score (nSPS) is 11.2. The molecule has 2 N–H and O–H groups in total. The highest BCUT2D eigenvalue weighted by atomic mass is 32.2. The molecular weight excluding hydrogens is 366 g/mol. The first-order chi connectivity index (χ1) is 12.2. The van der Waals surface area contributed by atoms with E-state index in [1.807, 2.05) is 0 Å². The van der Waals surface area contributed by atoms with Crippen LogP contribution in [0.1, 0.15) is 15.9 Å². The number of rotatable bonds is 8. The number of sulfonamides is 1. The van der Waals surface area contributed by atoms with Crippen molar-refractivity contribution in [2.24, 2.45) is 0 Å². The van der Waals surface area contributed by atoms with E-state index in [9.17, 15) is 22.0 Å². The van der Waals surface area contributed by atoms with E-state index in [4.69, 9.17) is 0 Å². The number of ether oxygens (including phenoxy) is 1. The summed E-state index contributed by atoms with van der Waals surface area (Å²) in [5.74, 6) is -0.358. The number of nitrogens with one attached hydrogen (secondary N) is 2. The van der Waals surface area contributed by atoms with Crippen LogP contribution in [0.2, 0.25) is 0 Å². The Hall–Kier alpha value is -2.68. The fourth-order valence-corrected chi connectivity index (χ4v) is 2.80. The molecule has 0 atom stereocenters. The molecule has 0 saturated carbocycles. The van der Waals surface area contributed by atoms with Gasteiger partial charge in [-0.2, -0.15) is 8.78 Å². The van der Waals surface area contributed by atoms with Crippen molar-refractivity contribution in [2.45, 2.75) is 13.0 Å². The Balaban J connectivity index is 1.93. The predicted octanol–water partition coefficient (Wildman–Crippen LogP) is 2.63. The number of alkyl halides is 2. The Morgan fingerprint density at radius 2 is 1.77 bits per heavy atom. The van der Waals surface area contributed by atoms with Gasteiger partial charge in [0, 0.05) is 6.54 Å². The molecule has 26 heavy (non-hydrogen) atoms. The number of hydrogen-bond acceptors (Lipinski definition) is 4. The second-order valence-corrected chi connectivity index (χ2v) is 7.20. The van der Waals surface area contributed by atoms with E-state index >= 15 is 0 Å². The van der Waals surface area contributed by atoms with Crippen LogP contribution in [-0.4, -0.2) is 33.7 Å². The first kappa shape index (κ1) is 19.6. The summed E-state index contributed by atoms with van der Waals surface area (Å²) in [6.07, 6.45) is 1.48. The minimum absolute atomic E-state index is 0.0635. The van der Waals surface area contributed by atoms with Gasteiger partial charge in [-0.05, 0) is 36.2 Å². The third-order valence-corrected chi connectivity index (χ3v) is 3.91. The summed E-state index contributed by atoms with van der Waals surface area (Å²) in [6, 6.07) is 12.4. The van der Waals surface area contributed by atoms with Crippen molar-refractivity contribution in [1.82, 2.24) is 5.32 Å². The van der Waals surface area contributed by atoms with Crippen LogP contribution in [0.25, 0.3) is 0 Å². The number of benzene rings is 2. The number of para-hydroxylation sites is 1. The summed E-state index contributed by atoms with van der Waals surface area (Å²) in [7, 11) is -3.50. The van der Waals surface area contributed by atoms with Crippen LogP contribution < -0.4 is 14.8 Å². The van der Waals surface area contributed by atoms with Crippen molar-refractivity contribution in [1.29, 1.82) is 0 Å². The predicted molar refractivity (Wildman–Crippen MR) is 94.0 cm³/mol. The second kappa shape index (κ2) is 8.61. The molecule has 2 aromatic carbocycles. The summed E-state index contributed by atoms with van der Waals surface area (Å²) >= 11 is 0. The van der Waals surface area contributed by atoms with Crippen molar-refractivity contribution in [3.63, 3.8) is 0 Å². The molecule has 9 heteroatoms. The maximum atomic E-state index is 12.3. The van der Waals surface area contributed by atoms with Crippen molar-refractivity contribution >= 4 is 21.6 Å². The lowest BCUT2D eigenvalue weighted by Crippen LogP contribution is -2.27. The zero-order valence-corrected chi connectivity index (χ0v) is 14.7. The molecule has 0 aromatic heterocycles. The minimum Gasteiger partial charge on any atom is -0.435 e. The van der Waals surface area contributed by atoms with Gasteiger partial charge >= 0.3 is 6.61 Å². The van der Waals surface area contributed by atoms with Crippen LogP contribution in [0.3, 0.4) is 0 Å².